The second-order valence-electron chi connectivity index (χ2n) is 10.8. The third-order valence-corrected chi connectivity index (χ3v) is 7.21. The number of allylic oxidation sites excluding steroid dienone is 2. The van der Waals surface area contributed by atoms with E-state index in [2.05, 4.69) is 12.2 Å². The Morgan fingerprint density at radius 3 is 0.943 bits per heavy atom. The second-order valence-corrected chi connectivity index (χ2v) is 10.8. The topological polar surface area (TPSA) is 57.5 Å². The zero-order chi connectivity index (χ0) is 25.5. The van der Waals surface area contributed by atoms with Crippen LogP contribution >= 0.6 is 0 Å². The minimum absolute atomic E-state index is 0.341. The van der Waals surface area contributed by atoms with Crippen LogP contribution in [0.5, 0.6) is 0 Å². The van der Waals surface area contributed by atoms with Crippen molar-refractivity contribution in [2.24, 2.45) is 0 Å². The lowest BCUT2D eigenvalue weighted by atomic mass is 10.0. The first-order valence-electron chi connectivity index (χ1n) is 15.7. The van der Waals surface area contributed by atoms with E-state index in [0.29, 0.717) is 13.0 Å². The molecule has 0 fully saturated rings. The average Bonchev–Trinajstić information content (AvgIpc) is 2.85. The van der Waals surface area contributed by atoms with Gasteiger partial charge in [0, 0.05) is 13.0 Å². The van der Waals surface area contributed by atoms with E-state index < -0.39 is 5.97 Å². The van der Waals surface area contributed by atoms with Crippen LogP contribution in [0.15, 0.2) is 12.2 Å². The third kappa shape index (κ3) is 33.2. The van der Waals surface area contributed by atoms with E-state index in [1.165, 1.54) is 154 Å². The van der Waals surface area contributed by atoms with Gasteiger partial charge in [-0.25, -0.2) is 0 Å². The fourth-order valence-corrected chi connectivity index (χ4v) is 4.86. The Hall–Kier alpha value is -0.830. The number of aliphatic hydroxyl groups excluding tert-OH is 1. The van der Waals surface area contributed by atoms with Crippen LogP contribution in [0.4, 0.5) is 0 Å². The highest BCUT2D eigenvalue weighted by atomic mass is 16.4. The predicted molar refractivity (Wildman–Crippen MR) is 153 cm³/mol. The van der Waals surface area contributed by atoms with Gasteiger partial charge in [-0.2, -0.15) is 0 Å². The number of hydrogen-bond acceptors (Lipinski definition) is 2. The summed E-state index contributed by atoms with van der Waals surface area (Å²) in [6.45, 7) is 0.354. The smallest absolute Gasteiger partial charge is 0.303 e. The van der Waals surface area contributed by atoms with Crippen molar-refractivity contribution in [1.29, 1.82) is 0 Å². The Labute approximate surface area is 219 Å². The van der Waals surface area contributed by atoms with Crippen LogP contribution in [0.1, 0.15) is 180 Å². The summed E-state index contributed by atoms with van der Waals surface area (Å²) in [5.74, 6) is -0.653. The number of carboxylic acid groups (broad SMARTS) is 1. The van der Waals surface area contributed by atoms with Gasteiger partial charge in [-0.05, 0) is 38.5 Å². The van der Waals surface area contributed by atoms with Crippen molar-refractivity contribution in [2.75, 3.05) is 6.61 Å². The van der Waals surface area contributed by atoms with Crippen LogP contribution in [0.25, 0.3) is 0 Å². The van der Waals surface area contributed by atoms with Gasteiger partial charge in [0.2, 0.25) is 0 Å². The van der Waals surface area contributed by atoms with Gasteiger partial charge in [-0.15, -0.1) is 0 Å². The van der Waals surface area contributed by atoms with Crippen LogP contribution in [0.2, 0.25) is 0 Å². The maximum Gasteiger partial charge on any atom is 0.303 e. The van der Waals surface area contributed by atoms with Gasteiger partial charge in [0.05, 0.1) is 0 Å². The van der Waals surface area contributed by atoms with E-state index in [0.717, 1.165) is 19.3 Å². The molecule has 0 aromatic carbocycles. The summed E-state index contributed by atoms with van der Waals surface area (Å²) in [4.78, 5) is 10.5. The molecule has 0 heterocycles. The van der Waals surface area contributed by atoms with Crippen molar-refractivity contribution in [2.45, 2.75) is 180 Å². The molecule has 2 N–H and O–H groups in total. The molecule has 0 aromatic rings. The van der Waals surface area contributed by atoms with E-state index in [4.69, 9.17) is 10.2 Å². The number of carbonyl (C=O) groups is 1. The standard InChI is InChI=1S/C32H62O3/c33-31-29-27-25-23-21-19-17-15-13-11-9-7-5-3-1-2-4-6-8-10-12-14-16-18-20-22-24-26-28-30-32(34)35/h13,15,33H,1-12,14,16-31H2,(H,34,35). The van der Waals surface area contributed by atoms with Crippen molar-refractivity contribution in [3.05, 3.63) is 12.2 Å². The number of unbranched alkanes of at least 4 members (excludes halogenated alkanes) is 25. The molecule has 3 nitrogen and oxygen atoms in total. The highest BCUT2D eigenvalue weighted by molar-refractivity contribution is 5.66. The molecule has 0 bridgehead atoms. The number of hydrogen-bond donors (Lipinski definition) is 2. The SMILES string of the molecule is O=C(O)CCCCCCCCCCCCCCCCCCCCCC=CCCCCCCCCO. The lowest BCUT2D eigenvalue weighted by molar-refractivity contribution is -0.137. The average molecular weight is 495 g/mol. The molecule has 35 heavy (non-hydrogen) atoms. The second kappa shape index (κ2) is 31.2. The highest BCUT2D eigenvalue weighted by Gasteiger charge is 1.97. The molecule has 208 valence electrons. The van der Waals surface area contributed by atoms with Gasteiger partial charge in [0.15, 0.2) is 0 Å². The molecule has 0 aliphatic heterocycles. The molecule has 0 aliphatic carbocycles. The number of carboxylic acids is 1. The molecule has 0 saturated heterocycles. The Balaban J connectivity index is 3.07. The molecule has 0 spiro atoms. The molecule has 0 aromatic heterocycles. The highest BCUT2D eigenvalue weighted by Crippen LogP contribution is 2.15. The monoisotopic (exact) mass is 494 g/mol. The van der Waals surface area contributed by atoms with E-state index in [9.17, 15) is 4.79 Å². The minimum Gasteiger partial charge on any atom is -0.481 e. The summed E-state index contributed by atoms with van der Waals surface area (Å²) >= 11 is 0. The van der Waals surface area contributed by atoms with Crippen molar-refractivity contribution in [3.8, 4) is 0 Å². The van der Waals surface area contributed by atoms with E-state index in [-0.39, 0.29) is 0 Å². The Morgan fingerprint density at radius 1 is 0.400 bits per heavy atom. The molecule has 0 amide bonds. The van der Waals surface area contributed by atoms with Crippen LogP contribution in [-0.4, -0.2) is 22.8 Å². The molecule has 0 rings (SSSR count). The van der Waals surface area contributed by atoms with Gasteiger partial charge in [0.25, 0.3) is 0 Å². The summed E-state index contributed by atoms with van der Waals surface area (Å²) < 4.78 is 0. The third-order valence-electron chi connectivity index (χ3n) is 7.21. The zero-order valence-electron chi connectivity index (χ0n) is 23.5. The van der Waals surface area contributed by atoms with Crippen molar-refractivity contribution in [3.63, 3.8) is 0 Å². The van der Waals surface area contributed by atoms with E-state index in [1.807, 2.05) is 0 Å². The zero-order valence-corrected chi connectivity index (χ0v) is 23.5. The van der Waals surface area contributed by atoms with Gasteiger partial charge in [0.1, 0.15) is 0 Å². The van der Waals surface area contributed by atoms with Crippen molar-refractivity contribution in [1.82, 2.24) is 0 Å². The first kappa shape index (κ1) is 34.2. The summed E-state index contributed by atoms with van der Waals surface area (Å²) in [7, 11) is 0. The molecular weight excluding hydrogens is 432 g/mol. The summed E-state index contributed by atoms with van der Waals surface area (Å²) in [6.07, 6.45) is 40.6. The predicted octanol–water partition coefficient (Wildman–Crippen LogP) is 10.5. The Morgan fingerprint density at radius 2 is 0.657 bits per heavy atom. The first-order valence-corrected chi connectivity index (χ1v) is 15.7. The molecule has 3 heteroatoms. The quantitative estimate of drug-likeness (QED) is 0.0771. The first-order chi connectivity index (χ1) is 17.3. The molecular formula is C32H62O3. The normalized spacial score (nSPS) is 11.6. The summed E-state index contributed by atoms with van der Waals surface area (Å²) in [6, 6.07) is 0. The van der Waals surface area contributed by atoms with Crippen molar-refractivity contribution >= 4 is 5.97 Å². The molecule has 0 atom stereocenters. The minimum atomic E-state index is -0.653. The maximum absolute atomic E-state index is 10.5. The summed E-state index contributed by atoms with van der Waals surface area (Å²) in [5.41, 5.74) is 0. The Bertz CT molecular complexity index is 433. The van der Waals surface area contributed by atoms with Crippen LogP contribution in [0, 0.1) is 0 Å². The largest absolute Gasteiger partial charge is 0.481 e. The van der Waals surface area contributed by atoms with Gasteiger partial charge >= 0.3 is 5.97 Å². The van der Waals surface area contributed by atoms with E-state index >= 15 is 0 Å². The van der Waals surface area contributed by atoms with Gasteiger partial charge in [-0.1, -0.05) is 147 Å². The molecule has 0 saturated carbocycles. The number of rotatable bonds is 30. The maximum atomic E-state index is 10.5. The van der Waals surface area contributed by atoms with Crippen LogP contribution in [0.3, 0.4) is 0 Å². The number of aliphatic hydroxyl groups is 1. The molecule has 0 radical (unpaired) electrons. The van der Waals surface area contributed by atoms with Gasteiger partial charge < -0.3 is 10.2 Å². The fourth-order valence-electron chi connectivity index (χ4n) is 4.86. The molecule has 0 unspecified atom stereocenters. The lowest BCUT2D eigenvalue weighted by Crippen LogP contribution is -1.93. The molecule has 0 aliphatic rings. The summed E-state index contributed by atoms with van der Waals surface area (Å²) in [5, 5.41) is 17.4. The van der Waals surface area contributed by atoms with Crippen molar-refractivity contribution < 1.29 is 15.0 Å². The van der Waals surface area contributed by atoms with Crippen LogP contribution in [-0.2, 0) is 4.79 Å². The Kier molecular flexibility index (Phi) is 30.5. The van der Waals surface area contributed by atoms with E-state index in [1.54, 1.807) is 0 Å². The fraction of sp³-hybridized carbons (Fsp3) is 0.906. The lowest BCUT2D eigenvalue weighted by Gasteiger charge is -2.04. The van der Waals surface area contributed by atoms with Gasteiger partial charge in [-0.3, -0.25) is 4.79 Å². The van der Waals surface area contributed by atoms with Crippen LogP contribution < -0.4 is 0 Å². The number of aliphatic carboxylic acids is 1.